The van der Waals surface area contributed by atoms with Gasteiger partial charge in [0.25, 0.3) is 11.8 Å². The summed E-state index contributed by atoms with van der Waals surface area (Å²) in [5.74, 6) is -0.0978. The molecule has 2 aromatic carbocycles. The van der Waals surface area contributed by atoms with Gasteiger partial charge in [-0.1, -0.05) is 30.3 Å². The van der Waals surface area contributed by atoms with Crippen molar-refractivity contribution in [2.24, 2.45) is 0 Å². The number of benzene rings is 2. The van der Waals surface area contributed by atoms with Gasteiger partial charge in [0.15, 0.2) is 0 Å². The predicted octanol–water partition coefficient (Wildman–Crippen LogP) is 2.35. The molecule has 0 unspecified atom stereocenters. The van der Waals surface area contributed by atoms with Gasteiger partial charge in [-0.2, -0.15) is 0 Å². The van der Waals surface area contributed by atoms with Gasteiger partial charge in [-0.3, -0.25) is 9.59 Å². The van der Waals surface area contributed by atoms with Gasteiger partial charge in [0.05, 0.1) is 7.11 Å². The van der Waals surface area contributed by atoms with E-state index in [1.165, 1.54) is 0 Å². The highest BCUT2D eigenvalue weighted by Gasteiger charge is 2.16. The zero-order valence-electron chi connectivity index (χ0n) is 15.4. The van der Waals surface area contributed by atoms with E-state index >= 15 is 0 Å². The minimum Gasteiger partial charge on any atom is -0.497 e. The third kappa shape index (κ3) is 6.27. The van der Waals surface area contributed by atoms with Crippen molar-refractivity contribution in [3.63, 3.8) is 0 Å². The van der Waals surface area contributed by atoms with Gasteiger partial charge in [0.1, 0.15) is 11.4 Å². The average molecular weight is 368 g/mol. The van der Waals surface area contributed by atoms with Crippen molar-refractivity contribution in [2.75, 3.05) is 13.7 Å². The molecule has 0 aliphatic rings. The summed E-state index contributed by atoms with van der Waals surface area (Å²) < 4.78 is 5.13. The molecule has 1 atom stereocenters. The van der Waals surface area contributed by atoms with Gasteiger partial charge in [-0.25, -0.2) is 0 Å². The second kappa shape index (κ2) is 10.1. The standard InChI is InChI=1S/C21H24N2O4/c1-15(12-13-24)22-21(26)19(14-16-8-10-18(27-2)11-9-16)23-20(25)17-6-4-3-5-7-17/h3-11,14-15,24H,12-13H2,1-2H3,(H,22,26)(H,23,25)/b19-14-/t15-/m1/s1. The van der Waals surface area contributed by atoms with Crippen LogP contribution in [0.15, 0.2) is 60.3 Å². The van der Waals surface area contributed by atoms with Crippen LogP contribution in [0.1, 0.15) is 29.3 Å². The second-order valence-electron chi connectivity index (χ2n) is 6.04. The van der Waals surface area contributed by atoms with Crippen LogP contribution < -0.4 is 15.4 Å². The summed E-state index contributed by atoms with van der Waals surface area (Å²) in [7, 11) is 1.58. The van der Waals surface area contributed by atoms with E-state index in [9.17, 15) is 9.59 Å². The first-order valence-electron chi connectivity index (χ1n) is 8.67. The summed E-state index contributed by atoms with van der Waals surface area (Å²) in [5.41, 5.74) is 1.32. The zero-order chi connectivity index (χ0) is 19.6. The fourth-order valence-electron chi connectivity index (χ4n) is 2.38. The van der Waals surface area contributed by atoms with E-state index in [1.54, 1.807) is 68.6 Å². The molecule has 0 fully saturated rings. The number of hydrogen-bond donors (Lipinski definition) is 3. The lowest BCUT2D eigenvalue weighted by molar-refractivity contribution is -0.118. The summed E-state index contributed by atoms with van der Waals surface area (Å²) in [6.45, 7) is 1.76. The Hall–Kier alpha value is -3.12. The summed E-state index contributed by atoms with van der Waals surface area (Å²) in [6.07, 6.45) is 2.02. The van der Waals surface area contributed by atoms with Gasteiger partial charge in [-0.15, -0.1) is 0 Å². The molecule has 142 valence electrons. The molecule has 2 rings (SSSR count). The highest BCUT2D eigenvalue weighted by molar-refractivity contribution is 6.05. The summed E-state index contributed by atoms with van der Waals surface area (Å²) in [4.78, 5) is 25.1. The Labute approximate surface area is 158 Å². The number of ether oxygens (including phenoxy) is 1. The lowest BCUT2D eigenvalue weighted by atomic mass is 10.1. The lowest BCUT2D eigenvalue weighted by Gasteiger charge is -2.15. The molecule has 6 nitrogen and oxygen atoms in total. The number of nitrogens with one attached hydrogen (secondary N) is 2. The Morgan fingerprint density at radius 1 is 1.11 bits per heavy atom. The molecule has 0 heterocycles. The molecule has 0 aromatic heterocycles. The van der Waals surface area contributed by atoms with Crippen LogP contribution in [-0.4, -0.2) is 36.7 Å². The molecule has 0 saturated heterocycles. The molecule has 0 aliphatic heterocycles. The van der Waals surface area contributed by atoms with E-state index < -0.39 is 5.91 Å². The van der Waals surface area contributed by atoms with Crippen molar-refractivity contribution >= 4 is 17.9 Å². The molecule has 0 radical (unpaired) electrons. The average Bonchev–Trinajstić information content (AvgIpc) is 2.68. The topological polar surface area (TPSA) is 87.7 Å². The Morgan fingerprint density at radius 2 is 1.78 bits per heavy atom. The van der Waals surface area contributed by atoms with Crippen molar-refractivity contribution in [3.8, 4) is 5.75 Å². The van der Waals surface area contributed by atoms with Crippen LogP contribution in [0.25, 0.3) is 6.08 Å². The van der Waals surface area contributed by atoms with Crippen LogP contribution in [-0.2, 0) is 4.79 Å². The van der Waals surface area contributed by atoms with Gasteiger partial charge in [0, 0.05) is 18.2 Å². The van der Waals surface area contributed by atoms with E-state index in [1.807, 2.05) is 6.07 Å². The minimum atomic E-state index is -0.420. The molecule has 3 N–H and O–H groups in total. The first kappa shape index (κ1) is 20.2. The number of rotatable bonds is 8. The molecule has 2 aromatic rings. The number of carbonyl (C=O) groups excluding carboxylic acids is 2. The van der Waals surface area contributed by atoms with Crippen LogP contribution in [0.4, 0.5) is 0 Å². The molecular formula is C21H24N2O4. The van der Waals surface area contributed by atoms with Crippen molar-refractivity contribution in [1.82, 2.24) is 10.6 Å². The van der Waals surface area contributed by atoms with Crippen LogP contribution in [0.2, 0.25) is 0 Å². The maximum Gasteiger partial charge on any atom is 0.268 e. The predicted molar refractivity (Wildman–Crippen MR) is 104 cm³/mol. The number of carbonyl (C=O) groups is 2. The van der Waals surface area contributed by atoms with Gasteiger partial charge >= 0.3 is 0 Å². The highest BCUT2D eigenvalue weighted by atomic mass is 16.5. The van der Waals surface area contributed by atoms with E-state index in [2.05, 4.69) is 10.6 Å². The fourth-order valence-corrected chi connectivity index (χ4v) is 2.38. The summed E-state index contributed by atoms with van der Waals surface area (Å²) >= 11 is 0. The Balaban J connectivity index is 2.25. The smallest absolute Gasteiger partial charge is 0.268 e. The summed E-state index contributed by atoms with van der Waals surface area (Å²) in [6, 6.07) is 15.6. The van der Waals surface area contributed by atoms with E-state index in [0.29, 0.717) is 17.7 Å². The van der Waals surface area contributed by atoms with Crippen molar-refractivity contribution in [1.29, 1.82) is 0 Å². The fraction of sp³-hybridized carbons (Fsp3) is 0.238. The SMILES string of the molecule is COc1ccc(/C=C(\NC(=O)c2ccccc2)C(=O)N[C@H](C)CCO)cc1. The monoisotopic (exact) mass is 368 g/mol. The summed E-state index contributed by atoms with van der Waals surface area (Å²) in [5, 5.41) is 14.5. The number of aliphatic hydroxyl groups is 1. The largest absolute Gasteiger partial charge is 0.497 e. The normalized spacial score (nSPS) is 12.2. The minimum absolute atomic E-state index is 0.0324. The molecule has 2 amide bonds. The molecular weight excluding hydrogens is 344 g/mol. The molecule has 0 spiro atoms. The van der Waals surface area contributed by atoms with Gasteiger partial charge in [0.2, 0.25) is 0 Å². The van der Waals surface area contributed by atoms with Crippen molar-refractivity contribution in [2.45, 2.75) is 19.4 Å². The van der Waals surface area contributed by atoms with E-state index in [-0.39, 0.29) is 24.3 Å². The molecule has 0 saturated carbocycles. The van der Waals surface area contributed by atoms with Crippen LogP contribution in [0.5, 0.6) is 5.75 Å². The highest BCUT2D eigenvalue weighted by Crippen LogP contribution is 2.14. The Morgan fingerprint density at radius 3 is 2.37 bits per heavy atom. The zero-order valence-corrected chi connectivity index (χ0v) is 15.4. The molecule has 0 bridgehead atoms. The third-order valence-corrected chi connectivity index (χ3v) is 3.90. The van der Waals surface area contributed by atoms with Crippen molar-refractivity contribution < 1.29 is 19.4 Å². The maximum atomic E-state index is 12.6. The first-order valence-corrected chi connectivity index (χ1v) is 8.67. The maximum absolute atomic E-state index is 12.6. The number of aliphatic hydroxyl groups excluding tert-OH is 1. The lowest BCUT2D eigenvalue weighted by Crippen LogP contribution is -2.39. The van der Waals surface area contributed by atoms with Crippen LogP contribution in [0.3, 0.4) is 0 Å². The molecule has 27 heavy (non-hydrogen) atoms. The Bertz CT molecular complexity index is 786. The van der Waals surface area contributed by atoms with Crippen LogP contribution >= 0.6 is 0 Å². The molecule has 6 heteroatoms. The Kier molecular flexibility index (Phi) is 7.58. The van der Waals surface area contributed by atoms with Gasteiger partial charge < -0.3 is 20.5 Å². The number of methoxy groups -OCH3 is 1. The number of amides is 2. The van der Waals surface area contributed by atoms with E-state index in [0.717, 1.165) is 5.56 Å². The van der Waals surface area contributed by atoms with Crippen molar-refractivity contribution in [3.05, 3.63) is 71.4 Å². The second-order valence-corrected chi connectivity index (χ2v) is 6.04. The third-order valence-electron chi connectivity index (χ3n) is 3.90. The first-order chi connectivity index (χ1) is 13.0. The number of hydrogen-bond acceptors (Lipinski definition) is 4. The molecule has 0 aliphatic carbocycles. The van der Waals surface area contributed by atoms with Crippen LogP contribution in [0, 0.1) is 0 Å². The van der Waals surface area contributed by atoms with E-state index in [4.69, 9.17) is 9.84 Å². The van der Waals surface area contributed by atoms with Gasteiger partial charge in [-0.05, 0) is 49.2 Å². The quantitative estimate of drug-likeness (QED) is 0.624.